The number of aliphatic hydroxyl groups excluding tert-OH is 1. The Morgan fingerprint density at radius 2 is 1.96 bits per heavy atom. The van der Waals surface area contributed by atoms with Crippen molar-refractivity contribution in [2.24, 2.45) is 11.8 Å². The lowest BCUT2D eigenvalue weighted by atomic mass is 9.90. The lowest BCUT2D eigenvalue weighted by molar-refractivity contribution is -0.132. The third kappa shape index (κ3) is 4.35. The van der Waals surface area contributed by atoms with Crippen molar-refractivity contribution in [3.8, 4) is 0 Å². The Morgan fingerprint density at radius 1 is 1.21 bits per heavy atom. The molecule has 0 aromatic heterocycles. The van der Waals surface area contributed by atoms with E-state index in [1.54, 1.807) is 4.90 Å². The Hall–Kier alpha value is -1.43. The van der Waals surface area contributed by atoms with Crippen LogP contribution in [0.5, 0.6) is 0 Å². The summed E-state index contributed by atoms with van der Waals surface area (Å²) in [4.78, 5) is 20.1. The lowest BCUT2D eigenvalue weighted by Gasteiger charge is -2.20. The van der Waals surface area contributed by atoms with Crippen LogP contribution in [0, 0.1) is 11.8 Å². The van der Waals surface area contributed by atoms with Crippen LogP contribution in [-0.2, 0) is 16.2 Å². The molecule has 2 N–H and O–H groups in total. The van der Waals surface area contributed by atoms with Gasteiger partial charge in [0.2, 0.25) is 5.91 Å². The number of carbonyl (C=O) groups excluding carboxylic acids is 1. The van der Waals surface area contributed by atoms with E-state index in [1.807, 2.05) is 30.3 Å². The van der Waals surface area contributed by atoms with E-state index in [0.29, 0.717) is 25.6 Å². The van der Waals surface area contributed by atoms with E-state index in [2.05, 4.69) is 5.48 Å². The molecule has 2 atom stereocenters. The topological polar surface area (TPSA) is 61.8 Å². The van der Waals surface area contributed by atoms with Gasteiger partial charge in [-0.15, -0.1) is 0 Å². The summed E-state index contributed by atoms with van der Waals surface area (Å²) in [6, 6.07) is 10.0. The number of rotatable bonds is 8. The number of nitrogens with zero attached hydrogens (tertiary/aromatic N) is 1. The molecule has 0 radical (unpaired) electrons. The van der Waals surface area contributed by atoms with Crippen LogP contribution in [0.4, 0.5) is 0 Å². The monoisotopic (exact) mass is 332 g/mol. The summed E-state index contributed by atoms with van der Waals surface area (Å²) in [6.07, 6.45) is 5.99. The number of likely N-dealkylation sites (tertiary alicyclic amines) is 1. The predicted octanol–water partition coefficient (Wildman–Crippen LogP) is 2.11. The number of carbonyl (C=O) groups is 1. The zero-order chi connectivity index (χ0) is 16.8. The molecule has 1 amide bonds. The number of aliphatic hydroxyl groups is 1. The molecule has 1 aliphatic heterocycles. The summed E-state index contributed by atoms with van der Waals surface area (Å²) >= 11 is 0. The fraction of sp³-hybridized carbons (Fsp3) is 0.632. The minimum Gasteiger partial charge on any atom is -0.395 e. The molecule has 3 rings (SSSR count). The summed E-state index contributed by atoms with van der Waals surface area (Å²) in [6.45, 7) is 1.53. The summed E-state index contributed by atoms with van der Waals surface area (Å²) in [5.41, 5.74) is 4.23. The van der Waals surface area contributed by atoms with Gasteiger partial charge in [0.15, 0.2) is 0 Å². The maximum absolute atomic E-state index is 12.6. The zero-order valence-corrected chi connectivity index (χ0v) is 14.2. The third-order valence-electron chi connectivity index (χ3n) is 5.28. The number of hydrogen-bond acceptors (Lipinski definition) is 4. The van der Waals surface area contributed by atoms with Crippen LogP contribution in [0.3, 0.4) is 0 Å². The van der Waals surface area contributed by atoms with Crippen molar-refractivity contribution in [2.45, 2.75) is 44.8 Å². The van der Waals surface area contributed by atoms with E-state index in [0.717, 1.165) is 12.0 Å². The molecule has 0 spiro atoms. The number of nitrogens with one attached hydrogen (secondary N) is 1. The van der Waals surface area contributed by atoms with Gasteiger partial charge in [-0.25, -0.2) is 0 Å². The van der Waals surface area contributed by atoms with E-state index < -0.39 is 0 Å². The smallest absolute Gasteiger partial charge is 0.227 e. The summed E-state index contributed by atoms with van der Waals surface area (Å²) in [7, 11) is 0. The Kier molecular flexibility index (Phi) is 6.24. The van der Waals surface area contributed by atoms with E-state index in [4.69, 9.17) is 4.84 Å². The Balaban J connectivity index is 1.56. The lowest BCUT2D eigenvalue weighted by Crippen LogP contribution is -2.37. The Morgan fingerprint density at radius 3 is 2.67 bits per heavy atom. The van der Waals surface area contributed by atoms with Crippen LogP contribution < -0.4 is 5.48 Å². The average molecular weight is 332 g/mol. The van der Waals surface area contributed by atoms with E-state index in [1.165, 1.54) is 25.7 Å². The Bertz CT molecular complexity index is 517. The Labute approximate surface area is 143 Å². The van der Waals surface area contributed by atoms with Crippen molar-refractivity contribution in [3.63, 3.8) is 0 Å². The first kappa shape index (κ1) is 17.4. The van der Waals surface area contributed by atoms with E-state index >= 15 is 0 Å². The van der Waals surface area contributed by atoms with Crippen molar-refractivity contribution in [1.82, 2.24) is 10.4 Å². The van der Waals surface area contributed by atoms with Crippen molar-refractivity contribution < 1.29 is 14.7 Å². The second-order valence-electron chi connectivity index (χ2n) is 7.00. The number of hydrogen-bond donors (Lipinski definition) is 2. The van der Waals surface area contributed by atoms with Crippen molar-refractivity contribution in [3.05, 3.63) is 35.9 Å². The fourth-order valence-electron chi connectivity index (χ4n) is 3.98. The second kappa shape index (κ2) is 8.60. The van der Waals surface area contributed by atoms with Gasteiger partial charge in [0.05, 0.1) is 25.2 Å². The van der Waals surface area contributed by atoms with Gasteiger partial charge in [0.1, 0.15) is 0 Å². The maximum atomic E-state index is 12.6. The van der Waals surface area contributed by atoms with Crippen molar-refractivity contribution in [2.75, 3.05) is 19.7 Å². The average Bonchev–Trinajstić information content (AvgIpc) is 3.21. The highest BCUT2D eigenvalue weighted by atomic mass is 16.6. The minimum atomic E-state index is -0.0320. The first-order valence-electron chi connectivity index (χ1n) is 9.09. The quantitative estimate of drug-likeness (QED) is 0.716. The first-order valence-corrected chi connectivity index (χ1v) is 9.09. The third-order valence-corrected chi connectivity index (χ3v) is 5.28. The SMILES string of the molecule is O=C1C(CC2CCCC2)C(NOCc2ccccc2)CN1CCO. The van der Waals surface area contributed by atoms with Crippen molar-refractivity contribution in [1.29, 1.82) is 0 Å². The first-order chi connectivity index (χ1) is 11.8. The molecule has 0 bridgehead atoms. The van der Waals surface area contributed by atoms with E-state index in [-0.39, 0.29) is 24.5 Å². The van der Waals surface area contributed by atoms with Crippen LogP contribution in [-0.4, -0.2) is 41.7 Å². The molecule has 2 aliphatic rings. The molecule has 1 saturated heterocycles. The van der Waals surface area contributed by atoms with Crippen LogP contribution in [0.25, 0.3) is 0 Å². The molecular formula is C19H28N2O3. The van der Waals surface area contributed by atoms with Gasteiger partial charge in [0.25, 0.3) is 0 Å². The maximum Gasteiger partial charge on any atom is 0.227 e. The number of hydroxylamine groups is 1. The molecule has 5 heteroatoms. The number of benzene rings is 1. The van der Waals surface area contributed by atoms with Gasteiger partial charge in [-0.1, -0.05) is 56.0 Å². The highest BCUT2D eigenvalue weighted by Crippen LogP contribution is 2.34. The highest BCUT2D eigenvalue weighted by Gasteiger charge is 2.41. The molecule has 1 aromatic rings. The van der Waals surface area contributed by atoms with Crippen LogP contribution in [0.1, 0.15) is 37.7 Å². The highest BCUT2D eigenvalue weighted by molar-refractivity contribution is 5.82. The van der Waals surface area contributed by atoms with E-state index in [9.17, 15) is 9.90 Å². The molecule has 1 heterocycles. The molecule has 132 valence electrons. The summed E-state index contributed by atoms with van der Waals surface area (Å²) < 4.78 is 0. The fourth-order valence-corrected chi connectivity index (χ4v) is 3.98. The van der Waals surface area contributed by atoms with Gasteiger partial charge in [0, 0.05) is 13.1 Å². The molecule has 1 saturated carbocycles. The van der Waals surface area contributed by atoms with Crippen LogP contribution in [0.2, 0.25) is 0 Å². The van der Waals surface area contributed by atoms with Gasteiger partial charge in [-0.05, 0) is 17.9 Å². The summed E-state index contributed by atoms with van der Waals surface area (Å²) in [5.74, 6) is 0.790. The minimum absolute atomic E-state index is 0.00774. The van der Waals surface area contributed by atoms with Crippen LogP contribution >= 0.6 is 0 Å². The van der Waals surface area contributed by atoms with Gasteiger partial charge in [-0.3, -0.25) is 9.63 Å². The molecule has 5 nitrogen and oxygen atoms in total. The normalized spacial score (nSPS) is 24.9. The summed E-state index contributed by atoms with van der Waals surface area (Å²) in [5, 5.41) is 9.18. The largest absolute Gasteiger partial charge is 0.395 e. The molecule has 1 aromatic carbocycles. The molecule has 1 aliphatic carbocycles. The number of β-amino-alcohol motifs (C(OH)–C–C–N with tert-alkyl or cyclic N) is 1. The molecule has 2 fully saturated rings. The molecule has 2 unspecified atom stereocenters. The zero-order valence-electron chi connectivity index (χ0n) is 14.2. The van der Waals surface area contributed by atoms with Gasteiger partial charge >= 0.3 is 0 Å². The van der Waals surface area contributed by atoms with Crippen LogP contribution in [0.15, 0.2) is 30.3 Å². The second-order valence-corrected chi connectivity index (χ2v) is 7.00. The number of amides is 1. The van der Waals surface area contributed by atoms with Crippen molar-refractivity contribution >= 4 is 5.91 Å². The van der Waals surface area contributed by atoms with Gasteiger partial charge < -0.3 is 10.0 Å². The molecular weight excluding hydrogens is 304 g/mol. The predicted molar refractivity (Wildman–Crippen MR) is 91.9 cm³/mol. The standard InChI is InChI=1S/C19H28N2O3/c22-11-10-21-13-18(20-24-14-16-8-2-1-3-9-16)17(19(21)23)12-15-6-4-5-7-15/h1-3,8-9,15,17-18,20,22H,4-7,10-14H2. The van der Waals surface area contributed by atoms with Gasteiger partial charge in [-0.2, -0.15) is 5.48 Å². The molecule has 24 heavy (non-hydrogen) atoms.